The minimum Gasteiger partial charge on any atom is -0.496 e. The van der Waals surface area contributed by atoms with Gasteiger partial charge in [0.15, 0.2) is 11.0 Å². The maximum absolute atomic E-state index is 12.9. The molecule has 0 fully saturated rings. The normalized spacial score (nSPS) is 11.0. The average molecular weight is 409 g/mol. The van der Waals surface area contributed by atoms with E-state index in [0.717, 1.165) is 17.5 Å². The molecule has 0 unspecified atom stereocenters. The zero-order chi connectivity index (χ0) is 20.4. The third-order valence-corrected chi connectivity index (χ3v) is 5.24. The lowest BCUT2D eigenvalue weighted by Crippen LogP contribution is -2.25. The van der Waals surface area contributed by atoms with Gasteiger partial charge in [0, 0.05) is 36.3 Å². The Bertz CT molecular complexity index is 1230. The van der Waals surface area contributed by atoms with Gasteiger partial charge < -0.3 is 19.6 Å². The Labute approximate surface area is 173 Å². The van der Waals surface area contributed by atoms with Crippen LogP contribution in [0.3, 0.4) is 0 Å². The van der Waals surface area contributed by atoms with E-state index in [1.54, 1.807) is 14.2 Å². The van der Waals surface area contributed by atoms with Gasteiger partial charge in [0.2, 0.25) is 0 Å². The van der Waals surface area contributed by atoms with Crippen LogP contribution in [0.15, 0.2) is 59.5 Å². The largest absolute Gasteiger partial charge is 0.496 e. The van der Waals surface area contributed by atoms with E-state index in [-0.39, 0.29) is 16.5 Å². The summed E-state index contributed by atoms with van der Waals surface area (Å²) in [5.74, 6) is 0.863. The van der Waals surface area contributed by atoms with Gasteiger partial charge in [-0.1, -0.05) is 41.9 Å². The van der Waals surface area contributed by atoms with Crippen molar-refractivity contribution in [3.05, 3.63) is 75.8 Å². The molecule has 0 bridgehead atoms. The lowest BCUT2D eigenvalue weighted by Gasteiger charge is -2.15. The summed E-state index contributed by atoms with van der Waals surface area (Å²) in [6, 6.07) is 15.5. The maximum Gasteiger partial charge on any atom is 0.293 e. The van der Waals surface area contributed by atoms with Gasteiger partial charge in [0.1, 0.15) is 5.75 Å². The number of hydrogen-bond acceptors (Lipinski definition) is 4. The third-order valence-electron chi connectivity index (χ3n) is 4.97. The van der Waals surface area contributed by atoms with E-state index in [9.17, 15) is 4.79 Å². The highest BCUT2D eigenvalue weighted by molar-refractivity contribution is 6.32. The molecule has 148 valence electrons. The van der Waals surface area contributed by atoms with E-state index >= 15 is 0 Å². The number of H-pyrrole nitrogens is 1. The molecule has 2 aromatic carbocycles. The molecule has 0 saturated heterocycles. The molecule has 0 aliphatic rings. The third kappa shape index (κ3) is 3.59. The van der Waals surface area contributed by atoms with Gasteiger partial charge in [-0.3, -0.25) is 4.79 Å². The van der Waals surface area contributed by atoms with Crippen molar-refractivity contribution in [2.45, 2.75) is 6.42 Å². The Morgan fingerprint density at radius 2 is 1.93 bits per heavy atom. The van der Waals surface area contributed by atoms with Crippen molar-refractivity contribution in [2.24, 2.45) is 7.05 Å². The minimum absolute atomic E-state index is 0.232. The van der Waals surface area contributed by atoms with Crippen LogP contribution in [0, 0.1) is 0 Å². The highest BCUT2D eigenvalue weighted by Gasteiger charge is 2.17. The number of fused-ring (bicyclic) bond motifs is 1. The molecule has 2 N–H and O–H groups in total. The number of nitrogens with one attached hydrogen (secondary N) is 2. The summed E-state index contributed by atoms with van der Waals surface area (Å²) in [7, 11) is 3.27. The topological polar surface area (TPSA) is 71.9 Å². The molecule has 0 radical (unpaired) electrons. The smallest absolute Gasteiger partial charge is 0.293 e. The lowest BCUT2D eigenvalue weighted by atomic mass is 10.1. The molecule has 6 nitrogen and oxygen atoms in total. The number of aromatic amines is 1. The van der Waals surface area contributed by atoms with Crippen molar-refractivity contribution in [2.75, 3.05) is 19.0 Å². The van der Waals surface area contributed by atoms with E-state index in [2.05, 4.69) is 21.4 Å². The maximum atomic E-state index is 12.9. The first kappa shape index (κ1) is 19.1. The predicted octanol–water partition coefficient (Wildman–Crippen LogP) is 4.25. The Morgan fingerprint density at radius 1 is 1.17 bits per heavy atom. The number of ether oxygens (including phenoxy) is 1. The van der Waals surface area contributed by atoms with Gasteiger partial charge in [0.25, 0.3) is 5.56 Å². The summed E-state index contributed by atoms with van der Waals surface area (Å²) in [6.07, 6.45) is 2.75. The van der Waals surface area contributed by atoms with Crippen molar-refractivity contribution in [1.29, 1.82) is 0 Å². The molecule has 0 amide bonds. The van der Waals surface area contributed by atoms with Crippen LogP contribution in [-0.2, 0) is 13.5 Å². The highest BCUT2D eigenvalue weighted by Crippen LogP contribution is 2.33. The van der Waals surface area contributed by atoms with Crippen LogP contribution in [0.25, 0.3) is 22.2 Å². The Morgan fingerprint density at radius 3 is 2.76 bits per heavy atom. The van der Waals surface area contributed by atoms with Crippen molar-refractivity contribution in [3.63, 3.8) is 0 Å². The molecule has 4 rings (SSSR count). The van der Waals surface area contributed by atoms with Crippen molar-refractivity contribution in [3.8, 4) is 17.0 Å². The number of nitrogens with zero attached hydrogens (tertiary/aromatic N) is 2. The molecule has 0 spiro atoms. The van der Waals surface area contributed by atoms with Gasteiger partial charge in [-0.05, 0) is 30.2 Å². The van der Waals surface area contributed by atoms with Crippen LogP contribution in [-0.4, -0.2) is 28.2 Å². The van der Waals surface area contributed by atoms with Crippen LogP contribution < -0.4 is 15.6 Å². The standard InChI is InChI=1S/C22H21ClN4O2/c1-27-19(16-8-4-6-10-18(16)29-2)20(23)26-21(22(27)28)24-12-11-14-13-25-17-9-5-3-7-15(14)17/h3-10,13,25H,11-12H2,1-2H3,(H,24,26). The first-order valence-corrected chi connectivity index (χ1v) is 9.66. The second-order valence-electron chi connectivity index (χ2n) is 6.70. The number of benzene rings is 2. The van der Waals surface area contributed by atoms with Gasteiger partial charge in [0.05, 0.1) is 12.8 Å². The molecule has 2 aromatic heterocycles. The lowest BCUT2D eigenvalue weighted by molar-refractivity contribution is 0.416. The average Bonchev–Trinajstić information content (AvgIpc) is 3.15. The van der Waals surface area contributed by atoms with Crippen molar-refractivity contribution in [1.82, 2.24) is 14.5 Å². The second-order valence-corrected chi connectivity index (χ2v) is 7.06. The Kier molecular flexibility index (Phi) is 5.27. The quantitative estimate of drug-likeness (QED) is 0.500. The number of aromatic nitrogens is 3. The highest BCUT2D eigenvalue weighted by atomic mass is 35.5. The van der Waals surface area contributed by atoms with Gasteiger partial charge in [-0.15, -0.1) is 0 Å². The van der Waals surface area contributed by atoms with E-state index in [1.807, 2.05) is 48.7 Å². The predicted molar refractivity (Wildman–Crippen MR) is 117 cm³/mol. The molecule has 0 atom stereocenters. The fraction of sp³-hybridized carbons (Fsp3) is 0.182. The van der Waals surface area contributed by atoms with Crippen molar-refractivity contribution < 1.29 is 4.74 Å². The van der Waals surface area contributed by atoms with Crippen LogP contribution in [0.1, 0.15) is 5.56 Å². The number of para-hydroxylation sites is 2. The molecule has 2 heterocycles. The monoisotopic (exact) mass is 408 g/mol. The number of hydrogen-bond donors (Lipinski definition) is 2. The summed E-state index contributed by atoms with van der Waals surface area (Å²) in [5, 5.41) is 4.55. The van der Waals surface area contributed by atoms with Crippen LogP contribution in [0.2, 0.25) is 5.15 Å². The zero-order valence-electron chi connectivity index (χ0n) is 16.2. The van der Waals surface area contributed by atoms with E-state index < -0.39 is 0 Å². The number of rotatable bonds is 6. The summed E-state index contributed by atoms with van der Waals surface area (Å²) < 4.78 is 6.90. The molecule has 29 heavy (non-hydrogen) atoms. The van der Waals surface area contributed by atoms with Crippen molar-refractivity contribution >= 4 is 28.3 Å². The van der Waals surface area contributed by atoms with Crippen LogP contribution in [0.5, 0.6) is 5.75 Å². The second kappa shape index (κ2) is 8.01. The van der Waals surface area contributed by atoms with Gasteiger partial charge in [-0.2, -0.15) is 0 Å². The molecule has 0 saturated carbocycles. The molecule has 4 aromatic rings. The van der Waals surface area contributed by atoms with E-state index in [1.165, 1.54) is 15.5 Å². The summed E-state index contributed by atoms with van der Waals surface area (Å²) in [4.78, 5) is 20.4. The number of methoxy groups -OCH3 is 1. The molecule has 0 aliphatic heterocycles. The van der Waals surface area contributed by atoms with Gasteiger partial charge in [-0.25, -0.2) is 4.98 Å². The first-order valence-electron chi connectivity index (χ1n) is 9.29. The zero-order valence-corrected chi connectivity index (χ0v) is 17.0. The number of anilines is 1. The van der Waals surface area contributed by atoms with Gasteiger partial charge >= 0.3 is 0 Å². The summed E-state index contributed by atoms with van der Waals surface area (Å²) in [5.41, 5.74) is 3.28. The van der Waals surface area contributed by atoms with Crippen LogP contribution in [0.4, 0.5) is 5.82 Å². The summed E-state index contributed by atoms with van der Waals surface area (Å²) >= 11 is 6.46. The SMILES string of the molecule is COc1ccccc1-c1c(Cl)nc(NCCc2c[nH]c3ccccc23)c(=O)n1C. The Hall–Kier alpha value is -3.25. The first-order chi connectivity index (χ1) is 14.1. The Balaban J connectivity index is 1.58. The fourth-order valence-corrected chi connectivity index (χ4v) is 3.81. The van der Waals surface area contributed by atoms with E-state index in [4.69, 9.17) is 16.3 Å². The molecular formula is C22H21ClN4O2. The molecule has 7 heteroatoms. The number of halogens is 1. The molecule has 0 aliphatic carbocycles. The molecular weight excluding hydrogens is 388 g/mol. The van der Waals surface area contributed by atoms with Crippen LogP contribution >= 0.6 is 11.6 Å². The summed E-state index contributed by atoms with van der Waals surface area (Å²) in [6.45, 7) is 0.564. The minimum atomic E-state index is -0.241. The fourth-order valence-electron chi connectivity index (χ4n) is 3.50. The van der Waals surface area contributed by atoms with E-state index in [0.29, 0.717) is 18.0 Å².